The van der Waals surface area contributed by atoms with Crippen LogP contribution in [0.25, 0.3) is 0 Å². The summed E-state index contributed by atoms with van der Waals surface area (Å²) in [4.78, 5) is 16.1. The number of hydrogen-bond acceptors (Lipinski definition) is 3. The molecule has 1 aromatic carbocycles. The summed E-state index contributed by atoms with van der Waals surface area (Å²) in [6, 6.07) is 6.07. The van der Waals surface area contributed by atoms with Gasteiger partial charge in [-0.3, -0.25) is 4.79 Å². The fraction of sp³-hybridized carbons (Fsp3) is 0.250. The van der Waals surface area contributed by atoms with Crippen LogP contribution in [0.2, 0.25) is 0 Å². The number of rotatable bonds is 3. The summed E-state index contributed by atoms with van der Waals surface area (Å²) < 4.78 is 44.3. The molecule has 0 aliphatic heterocycles. The maximum absolute atomic E-state index is 13.2. The highest BCUT2D eigenvalue weighted by Gasteiger charge is 2.37. The highest BCUT2D eigenvalue weighted by atomic mass is 19.4. The van der Waals surface area contributed by atoms with Gasteiger partial charge in [-0.15, -0.1) is 0 Å². The molecule has 0 radical (unpaired) electrons. The molecule has 0 aliphatic carbocycles. The van der Waals surface area contributed by atoms with Crippen LogP contribution in [0.4, 0.5) is 18.9 Å². The average Bonchev–Trinajstić information content (AvgIpc) is 2.49. The Morgan fingerprint density at radius 2 is 1.78 bits per heavy atom. The number of benzene rings is 1. The molecule has 0 fully saturated rings. The Labute approximate surface area is 131 Å². The van der Waals surface area contributed by atoms with Crippen molar-refractivity contribution < 1.29 is 22.7 Å². The molecule has 1 amide bonds. The van der Waals surface area contributed by atoms with Crippen LogP contribution in [0.15, 0.2) is 30.5 Å². The lowest BCUT2D eigenvalue weighted by Crippen LogP contribution is -2.21. The van der Waals surface area contributed by atoms with E-state index in [1.165, 1.54) is 0 Å². The lowest BCUT2D eigenvalue weighted by atomic mass is 10.1. The molecule has 23 heavy (non-hydrogen) atoms. The number of anilines is 1. The van der Waals surface area contributed by atoms with Gasteiger partial charge in [0.2, 0.25) is 5.88 Å². The molecule has 0 saturated heterocycles. The number of methoxy groups -OCH3 is 1. The summed E-state index contributed by atoms with van der Waals surface area (Å²) >= 11 is 0. The second-order valence-electron chi connectivity index (χ2n) is 4.96. The number of pyridine rings is 1. The number of carbonyl (C=O) groups is 1. The minimum Gasteiger partial charge on any atom is -0.480 e. The fourth-order valence-electron chi connectivity index (χ4n) is 2.24. The van der Waals surface area contributed by atoms with Crippen molar-refractivity contribution in [3.63, 3.8) is 0 Å². The lowest BCUT2D eigenvalue weighted by Gasteiger charge is -2.16. The Kier molecular flexibility index (Phi) is 4.58. The third kappa shape index (κ3) is 3.44. The number of alkyl halides is 3. The van der Waals surface area contributed by atoms with Gasteiger partial charge in [0.25, 0.3) is 5.91 Å². The Morgan fingerprint density at radius 3 is 2.30 bits per heavy atom. The van der Waals surface area contributed by atoms with E-state index in [0.29, 0.717) is 5.69 Å². The van der Waals surface area contributed by atoms with Crippen LogP contribution >= 0.6 is 0 Å². The number of nitrogens with one attached hydrogen (secondary N) is 1. The zero-order chi connectivity index (χ0) is 17.2. The second kappa shape index (κ2) is 6.28. The van der Waals surface area contributed by atoms with E-state index in [9.17, 15) is 18.0 Å². The average molecular weight is 324 g/mol. The number of hydrogen-bond donors (Lipinski definition) is 1. The van der Waals surface area contributed by atoms with Crippen molar-refractivity contribution >= 4 is 11.6 Å². The number of nitrogens with zero attached hydrogens (tertiary/aromatic N) is 1. The van der Waals surface area contributed by atoms with Gasteiger partial charge in [-0.2, -0.15) is 13.2 Å². The van der Waals surface area contributed by atoms with Gasteiger partial charge < -0.3 is 10.1 Å². The van der Waals surface area contributed by atoms with Crippen molar-refractivity contribution in [3.05, 3.63) is 52.7 Å². The first-order valence-corrected chi connectivity index (χ1v) is 6.73. The first-order valence-electron chi connectivity index (χ1n) is 6.73. The van der Waals surface area contributed by atoms with Gasteiger partial charge in [-0.1, -0.05) is 18.2 Å². The molecule has 2 rings (SSSR count). The number of halogens is 3. The summed E-state index contributed by atoms with van der Waals surface area (Å²) in [5.74, 6) is -1.29. The minimum atomic E-state index is -4.69. The van der Waals surface area contributed by atoms with Crippen molar-refractivity contribution in [2.24, 2.45) is 0 Å². The molecule has 7 heteroatoms. The van der Waals surface area contributed by atoms with E-state index in [1.807, 2.05) is 0 Å². The van der Waals surface area contributed by atoms with E-state index in [1.54, 1.807) is 32.0 Å². The summed E-state index contributed by atoms with van der Waals surface area (Å²) in [5.41, 5.74) is 0.235. The lowest BCUT2D eigenvalue weighted by molar-refractivity contribution is -0.138. The molecule has 0 bridgehead atoms. The molecule has 0 saturated carbocycles. The van der Waals surface area contributed by atoms with Gasteiger partial charge in [0.15, 0.2) is 0 Å². The maximum atomic E-state index is 13.2. The highest BCUT2D eigenvalue weighted by molar-refractivity contribution is 6.07. The first-order chi connectivity index (χ1) is 10.8. The molecular weight excluding hydrogens is 309 g/mol. The van der Waals surface area contributed by atoms with Crippen LogP contribution in [0.5, 0.6) is 5.88 Å². The van der Waals surface area contributed by atoms with Crippen molar-refractivity contribution in [3.8, 4) is 5.88 Å². The molecule has 0 spiro atoms. The quantitative estimate of drug-likeness (QED) is 0.929. The van der Waals surface area contributed by atoms with E-state index in [-0.39, 0.29) is 5.88 Å². The predicted octanol–water partition coefficient (Wildman–Crippen LogP) is 3.98. The molecule has 1 heterocycles. The van der Waals surface area contributed by atoms with Crippen LogP contribution in [-0.4, -0.2) is 18.0 Å². The molecule has 1 aromatic heterocycles. The van der Waals surface area contributed by atoms with Crippen molar-refractivity contribution in [1.82, 2.24) is 4.98 Å². The fourth-order valence-corrected chi connectivity index (χ4v) is 2.24. The van der Waals surface area contributed by atoms with E-state index < -0.39 is 23.2 Å². The maximum Gasteiger partial charge on any atom is 0.417 e. The van der Waals surface area contributed by atoms with Crippen molar-refractivity contribution in [2.45, 2.75) is 20.0 Å². The highest BCUT2D eigenvalue weighted by Crippen LogP contribution is 2.35. The zero-order valence-electron chi connectivity index (χ0n) is 12.8. The van der Waals surface area contributed by atoms with E-state index in [0.717, 1.165) is 30.5 Å². The van der Waals surface area contributed by atoms with Gasteiger partial charge in [0.1, 0.15) is 5.56 Å². The number of carbonyl (C=O) groups excluding carboxylic acids is 1. The Hall–Kier alpha value is -2.57. The molecule has 0 unspecified atom stereocenters. The van der Waals surface area contributed by atoms with Crippen LogP contribution < -0.4 is 10.1 Å². The van der Waals surface area contributed by atoms with E-state index >= 15 is 0 Å². The van der Waals surface area contributed by atoms with Gasteiger partial charge in [-0.25, -0.2) is 4.98 Å². The summed E-state index contributed by atoms with van der Waals surface area (Å²) in [5, 5.41) is 2.52. The predicted molar refractivity (Wildman–Crippen MR) is 79.7 cm³/mol. The molecular formula is C16H15F3N2O2. The van der Waals surface area contributed by atoms with Crippen LogP contribution in [0, 0.1) is 13.8 Å². The molecule has 122 valence electrons. The van der Waals surface area contributed by atoms with Gasteiger partial charge >= 0.3 is 6.18 Å². The second-order valence-corrected chi connectivity index (χ2v) is 4.96. The molecule has 4 nitrogen and oxygen atoms in total. The summed E-state index contributed by atoms with van der Waals surface area (Å²) in [6.07, 6.45) is -3.73. The topological polar surface area (TPSA) is 51.2 Å². The Morgan fingerprint density at radius 1 is 1.17 bits per heavy atom. The summed E-state index contributed by atoms with van der Waals surface area (Å²) in [7, 11) is 1.16. The first kappa shape index (κ1) is 16.8. The molecule has 0 atom stereocenters. The molecule has 2 aromatic rings. The standard InChI is InChI=1S/C16H15F3N2O2/c1-9-5-4-6-10(2)13(9)21-14(22)12-11(16(17,18)19)7-8-20-15(12)23-3/h4-8H,1-3H3,(H,21,22). The largest absolute Gasteiger partial charge is 0.480 e. The Balaban J connectivity index is 2.51. The van der Waals surface area contributed by atoms with Gasteiger partial charge in [0.05, 0.1) is 12.7 Å². The SMILES string of the molecule is COc1nccc(C(F)(F)F)c1C(=O)Nc1c(C)cccc1C. The molecule has 1 N–H and O–H groups in total. The number of aryl methyl sites for hydroxylation is 2. The smallest absolute Gasteiger partial charge is 0.417 e. The van der Waals surface area contributed by atoms with E-state index in [4.69, 9.17) is 4.74 Å². The third-order valence-electron chi connectivity index (χ3n) is 3.36. The number of ether oxygens (including phenoxy) is 1. The van der Waals surface area contributed by atoms with Crippen LogP contribution in [0.3, 0.4) is 0 Å². The number of aromatic nitrogens is 1. The monoisotopic (exact) mass is 324 g/mol. The Bertz CT molecular complexity index is 722. The van der Waals surface area contributed by atoms with Gasteiger partial charge in [-0.05, 0) is 31.0 Å². The van der Waals surface area contributed by atoms with Gasteiger partial charge in [0, 0.05) is 11.9 Å². The summed E-state index contributed by atoms with van der Waals surface area (Å²) in [6.45, 7) is 3.52. The number of amides is 1. The van der Waals surface area contributed by atoms with E-state index in [2.05, 4.69) is 10.3 Å². The third-order valence-corrected chi connectivity index (χ3v) is 3.36. The number of para-hydroxylation sites is 1. The zero-order valence-corrected chi connectivity index (χ0v) is 12.8. The van der Waals surface area contributed by atoms with Crippen LogP contribution in [-0.2, 0) is 6.18 Å². The van der Waals surface area contributed by atoms with Crippen LogP contribution in [0.1, 0.15) is 27.0 Å². The molecule has 0 aliphatic rings. The normalized spacial score (nSPS) is 11.2. The van der Waals surface area contributed by atoms with Crippen molar-refractivity contribution in [2.75, 3.05) is 12.4 Å². The van der Waals surface area contributed by atoms with Crippen molar-refractivity contribution in [1.29, 1.82) is 0 Å². The minimum absolute atomic E-state index is 0.372.